The summed E-state index contributed by atoms with van der Waals surface area (Å²) in [6.45, 7) is 12.2. The van der Waals surface area contributed by atoms with Gasteiger partial charge in [-0.25, -0.2) is 0 Å². The van der Waals surface area contributed by atoms with Crippen LogP contribution >= 0.6 is 0 Å². The second kappa shape index (κ2) is 5.59. The normalized spacial score (nSPS) is 11.0. The smallest absolute Gasteiger partial charge is 0.0207 e. The van der Waals surface area contributed by atoms with Crippen molar-refractivity contribution >= 4 is 0 Å². The van der Waals surface area contributed by atoms with E-state index in [0.717, 1.165) is 5.57 Å². The number of hydrogen-bond acceptors (Lipinski definition) is 0. The first-order valence-electron chi connectivity index (χ1n) is 4.25. The number of hydrogen-bond donors (Lipinski definition) is 0. The van der Waals surface area contributed by atoms with Crippen LogP contribution in [0.4, 0.5) is 0 Å². The van der Waals surface area contributed by atoms with Gasteiger partial charge in [0.1, 0.15) is 0 Å². The van der Waals surface area contributed by atoms with Gasteiger partial charge in [-0.05, 0) is 38.8 Å². The zero-order valence-corrected chi connectivity index (χ0v) is 8.52. The molecule has 0 heterocycles. The molecule has 0 spiro atoms. The van der Waals surface area contributed by atoms with Crippen LogP contribution in [-0.4, -0.2) is 0 Å². The summed E-state index contributed by atoms with van der Waals surface area (Å²) in [5, 5.41) is 0. The summed E-state index contributed by atoms with van der Waals surface area (Å²) in [7, 11) is 0. The molecule has 0 fully saturated rings. The van der Waals surface area contributed by atoms with Crippen LogP contribution in [0.2, 0.25) is 0 Å². The highest BCUT2D eigenvalue weighted by Crippen LogP contribution is 2.15. The van der Waals surface area contributed by atoms with E-state index in [2.05, 4.69) is 26.5 Å². The SMILES string of the molecule is C=C(/C=C\C)C(/C=C\C)=C(C)C. The highest BCUT2D eigenvalue weighted by Gasteiger charge is 1.95. The molecule has 0 N–H and O–H groups in total. The van der Waals surface area contributed by atoms with Gasteiger partial charge >= 0.3 is 0 Å². The van der Waals surface area contributed by atoms with Gasteiger partial charge in [-0.2, -0.15) is 0 Å². The van der Waals surface area contributed by atoms with E-state index >= 15 is 0 Å². The molecule has 12 heavy (non-hydrogen) atoms. The largest absolute Gasteiger partial charge is 0.0912 e. The van der Waals surface area contributed by atoms with E-state index in [1.807, 2.05) is 32.1 Å². The first-order chi connectivity index (χ1) is 5.63. The minimum Gasteiger partial charge on any atom is -0.0912 e. The van der Waals surface area contributed by atoms with Gasteiger partial charge in [-0.15, -0.1) is 0 Å². The first kappa shape index (κ1) is 11.0. The van der Waals surface area contributed by atoms with E-state index in [-0.39, 0.29) is 0 Å². The lowest BCUT2D eigenvalue weighted by atomic mass is 10.0. The fourth-order valence-corrected chi connectivity index (χ4v) is 1.05. The molecule has 0 aliphatic heterocycles. The van der Waals surface area contributed by atoms with Crippen LogP contribution in [-0.2, 0) is 0 Å². The molecule has 0 aliphatic rings. The molecule has 0 bridgehead atoms. The van der Waals surface area contributed by atoms with Gasteiger partial charge < -0.3 is 0 Å². The Balaban J connectivity index is 4.78. The summed E-state index contributed by atoms with van der Waals surface area (Å²) in [5.41, 5.74) is 3.61. The molecular formula is C12H18. The second-order valence-electron chi connectivity index (χ2n) is 2.94. The fourth-order valence-electron chi connectivity index (χ4n) is 1.05. The summed E-state index contributed by atoms with van der Waals surface area (Å²) < 4.78 is 0. The van der Waals surface area contributed by atoms with Crippen molar-refractivity contribution in [3.63, 3.8) is 0 Å². The molecule has 0 aromatic rings. The Morgan fingerprint density at radius 2 is 1.50 bits per heavy atom. The molecule has 0 rings (SSSR count). The average molecular weight is 162 g/mol. The van der Waals surface area contributed by atoms with Crippen LogP contribution in [0.3, 0.4) is 0 Å². The minimum atomic E-state index is 1.08. The maximum atomic E-state index is 3.99. The average Bonchev–Trinajstić information content (AvgIpc) is 1.99. The molecular weight excluding hydrogens is 144 g/mol. The lowest BCUT2D eigenvalue weighted by Crippen LogP contribution is -1.84. The highest BCUT2D eigenvalue weighted by atomic mass is 14.0. The lowest BCUT2D eigenvalue weighted by molar-refractivity contribution is 1.31. The zero-order chi connectivity index (χ0) is 9.56. The minimum absolute atomic E-state index is 1.08. The Bertz CT molecular complexity index is 233. The molecule has 0 aliphatic carbocycles. The van der Waals surface area contributed by atoms with Crippen LogP contribution in [0, 0.1) is 0 Å². The third kappa shape index (κ3) is 3.38. The van der Waals surface area contributed by atoms with Crippen molar-refractivity contribution in [2.45, 2.75) is 27.7 Å². The maximum absolute atomic E-state index is 3.99. The molecule has 0 aromatic heterocycles. The van der Waals surface area contributed by atoms with Gasteiger partial charge in [-0.3, -0.25) is 0 Å². The molecule has 0 heteroatoms. The second-order valence-corrected chi connectivity index (χ2v) is 2.94. The van der Waals surface area contributed by atoms with Crippen LogP contribution in [0.5, 0.6) is 0 Å². The summed E-state index contributed by atoms with van der Waals surface area (Å²) in [6.07, 6.45) is 8.17. The third-order valence-corrected chi connectivity index (χ3v) is 1.59. The van der Waals surface area contributed by atoms with E-state index in [0.29, 0.717) is 0 Å². The van der Waals surface area contributed by atoms with Crippen LogP contribution < -0.4 is 0 Å². The van der Waals surface area contributed by atoms with Gasteiger partial charge in [-0.1, -0.05) is 36.5 Å². The van der Waals surface area contributed by atoms with E-state index in [1.165, 1.54) is 11.1 Å². The predicted molar refractivity (Wildman–Crippen MR) is 57.1 cm³/mol. The monoisotopic (exact) mass is 162 g/mol. The van der Waals surface area contributed by atoms with Crippen LogP contribution in [0.15, 0.2) is 47.6 Å². The lowest BCUT2D eigenvalue weighted by Gasteiger charge is -2.03. The van der Waals surface area contributed by atoms with Crippen molar-refractivity contribution < 1.29 is 0 Å². The molecule has 0 saturated carbocycles. The van der Waals surface area contributed by atoms with Crippen molar-refractivity contribution in [2.24, 2.45) is 0 Å². The third-order valence-electron chi connectivity index (χ3n) is 1.59. The van der Waals surface area contributed by atoms with E-state index < -0.39 is 0 Å². The van der Waals surface area contributed by atoms with Crippen molar-refractivity contribution in [1.82, 2.24) is 0 Å². The summed E-state index contributed by atoms with van der Waals surface area (Å²) in [5.74, 6) is 0. The highest BCUT2D eigenvalue weighted by molar-refractivity contribution is 5.46. The summed E-state index contributed by atoms with van der Waals surface area (Å²) in [4.78, 5) is 0. The van der Waals surface area contributed by atoms with Gasteiger partial charge in [0.15, 0.2) is 0 Å². The number of rotatable bonds is 3. The van der Waals surface area contributed by atoms with E-state index in [4.69, 9.17) is 0 Å². The Hall–Kier alpha value is -1.04. The predicted octanol–water partition coefficient (Wildman–Crippen LogP) is 4.03. The van der Waals surface area contributed by atoms with Gasteiger partial charge in [0.05, 0.1) is 0 Å². The summed E-state index contributed by atoms with van der Waals surface area (Å²) >= 11 is 0. The van der Waals surface area contributed by atoms with Crippen molar-refractivity contribution in [2.75, 3.05) is 0 Å². The van der Waals surface area contributed by atoms with Crippen LogP contribution in [0.25, 0.3) is 0 Å². The Morgan fingerprint density at radius 1 is 1.00 bits per heavy atom. The Kier molecular flexibility index (Phi) is 5.11. The molecule has 0 nitrogen and oxygen atoms in total. The molecule has 0 amide bonds. The first-order valence-corrected chi connectivity index (χ1v) is 4.25. The molecule has 0 saturated heterocycles. The van der Waals surface area contributed by atoms with E-state index in [1.54, 1.807) is 0 Å². The zero-order valence-electron chi connectivity index (χ0n) is 8.52. The quantitative estimate of drug-likeness (QED) is 0.549. The maximum Gasteiger partial charge on any atom is -0.0207 e. The molecule has 0 aromatic carbocycles. The van der Waals surface area contributed by atoms with Gasteiger partial charge in [0.25, 0.3) is 0 Å². The van der Waals surface area contributed by atoms with Crippen molar-refractivity contribution in [3.05, 3.63) is 47.6 Å². The van der Waals surface area contributed by atoms with Gasteiger partial charge in [0, 0.05) is 0 Å². The molecule has 0 radical (unpaired) electrons. The Morgan fingerprint density at radius 3 is 1.83 bits per heavy atom. The van der Waals surface area contributed by atoms with Crippen molar-refractivity contribution in [1.29, 1.82) is 0 Å². The Labute approximate surface area is 76.0 Å². The van der Waals surface area contributed by atoms with Crippen LogP contribution in [0.1, 0.15) is 27.7 Å². The number of allylic oxidation sites excluding steroid dienone is 7. The standard InChI is InChI=1S/C12H18/c1-6-8-11(5)12(9-7-2)10(3)4/h6-9H,5H2,1-4H3/b8-6-,9-7-. The molecule has 0 unspecified atom stereocenters. The van der Waals surface area contributed by atoms with Crippen molar-refractivity contribution in [3.8, 4) is 0 Å². The topological polar surface area (TPSA) is 0 Å². The fraction of sp³-hybridized carbons (Fsp3) is 0.333. The van der Waals surface area contributed by atoms with E-state index in [9.17, 15) is 0 Å². The van der Waals surface area contributed by atoms with Gasteiger partial charge in [0.2, 0.25) is 0 Å². The summed E-state index contributed by atoms with van der Waals surface area (Å²) in [6, 6.07) is 0. The molecule has 66 valence electrons. The molecule has 0 atom stereocenters.